The molecule has 5 nitrogen and oxygen atoms in total. The normalized spacial score (nSPS) is 11.3. The molecule has 1 heterocycles. The van der Waals surface area contributed by atoms with E-state index in [0.29, 0.717) is 41.1 Å². The number of nitrogens with one attached hydrogen (secondary N) is 1. The minimum absolute atomic E-state index is 0.0950. The lowest BCUT2D eigenvalue weighted by molar-refractivity contribution is -0.116. The van der Waals surface area contributed by atoms with Gasteiger partial charge in [-0.25, -0.2) is 4.39 Å². The Balaban J connectivity index is 1.69. The lowest BCUT2D eigenvalue weighted by Gasteiger charge is -2.20. The van der Waals surface area contributed by atoms with Crippen LogP contribution in [0.15, 0.2) is 40.9 Å². The quantitative estimate of drug-likeness (QED) is 0.519. The fourth-order valence-electron chi connectivity index (χ4n) is 3.38. The number of aromatic nitrogens is 2. The highest BCUT2D eigenvalue weighted by atomic mass is 19.1. The average molecular weight is 410 g/mol. The number of benzene rings is 2. The summed E-state index contributed by atoms with van der Waals surface area (Å²) in [5, 5.41) is 7.05. The summed E-state index contributed by atoms with van der Waals surface area (Å²) in [6.45, 7) is 10.2. The standard InChI is InChI=1S/C24H28FN3O2/c1-14(2)18-7-6-8-19(15(3)4)23(18)26-21(29)11-12-22-27-24(28-30-22)17-9-10-20(25)16(5)13-17/h6-10,13-15H,11-12H2,1-5H3,(H,26,29). The van der Waals surface area contributed by atoms with Crippen LogP contribution in [0.25, 0.3) is 11.4 Å². The van der Waals surface area contributed by atoms with Crippen LogP contribution in [0.4, 0.5) is 10.1 Å². The molecule has 0 atom stereocenters. The van der Waals surface area contributed by atoms with E-state index in [-0.39, 0.29) is 18.1 Å². The second-order valence-electron chi connectivity index (χ2n) is 8.14. The molecule has 0 aliphatic heterocycles. The van der Waals surface area contributed by atoms with Crippen molar-refractivity contribution < 1.29 is 13.7 Å². The van der Waals surface area contributed by atoms with E-state index < -0.39 is 0 Å². The largest absolute Gasteiger partial charge is 0.339 e. The van der Waals surface area contributed by atoms with Gasteiger partial charge in [-0.05, 0) is 53.6 Å². The molecule has 3 rings (SSSR count). The molecule has 0 aliphatic carbocycles. The van der Waals surface area contributed by atoms with Crippen LogP contribution in [0.5, 0.6) is 0 Å². The molecule has 0 aliphatic rings. The van der Waals surface area contributed by atoms with Gasteiger partial charge in [0.15, 0.2) is 0 Å². The van der Waals surface area contributed by atoms with Crippen LogP contribution in [0.1, 0.15) is 68.5 Å². The lowest BCUT2D eigenvalue weighted by atomic mass is 9.92. The number of carbonyl (C=O) groups excluding carboxylic acids is 1. The maximum absolute atomic E-state index is 13.5. The Bertz CT molecular complexity index is 1010. The van der Waals surface area contributed by atoms with Crippen molar-refractivity contribution in [3.8, 4) is 11.4 Å². The smallest absolute Gasteiger partial charge is 0.227 e. The van der Waals surface area contributed by atoms with E-state index in [2.05, 4.69) is 55.3 Å². The van der Waals surface area contributed by atoms with Gasteiger partial charge in [-0.1, -0.05) is 51.1 Å². The van der Waals surface area contributed by atoms with Crippen LogP contribution >= 0.6 is 0 Å². The van der Waals surface area contributed by atoms with E-state index in [9.17, 15) is 9.18 Å². The monoisotopic (exact) mass is 409 g/mol. The third kappa shape index (κ3) is 4.93. The summed E-state index contributed by atoms with van der Waals surface area (Å²) in [7, 11) is 0. The highest BCUT2D eigenvalue weighted by molar-refractivity contribution is 5.92. The van der Waals surface area contributed by atoms with Crippen molar-refractivity contribution in [2.45, 2.75) is 59.3 Å². The highest BCUT2D eigenvalue weighted by Gasteiger charge is 2.17. The number of anilines is 1. The van der Waals surface area contributed by atoms with Gasteiger partial charge in [0.05, 0.1) is 0 Å². The van der Waals surface area contributed by atoms with Crippen molar-refractivity contribution in [2.24, 2.45) is 0 Å². The molecule has 3 aromatic rings. The molecular formula is C24H28FN3O2. The van der Waals surface area contributed by atoms with Crippen molar-refractivity contribution in [1.29, 1.82) is 0 Å². The van der Waals surface area contributed by atoms with Crippen LogP contribution in [-0.4, -0.2) is 16.0 Å². The second-order valence-corrected chi connectivity index (χ2v) is 8.14. The van der Waals surface area contributed by atoms with E-state index in [1.54, 1.807) is 19.1 Å². The van der Waals surface area contributed by atoms with E-state index >= 15 is 0 Å². The summed E-state index contributed by atoms with van der Waals surface area (Å²) < 4.78 is 18.7. The first-order chi connectivity index (χ1) is 14.3. The lowest BCUT2D eigenvalue weighted by Crippen LogP contribution is -2.16. The van der Waals surface area contributed by atoms with Gasteiger partial charge in [-0.2, -0.15) is 4.98 Å². The van der Waals surface area contributed by atoms with Crippen molar-refractivity contribution in [1.82, 2.24) is 10.1 Å². The van der Waals surface area contributed by atoms with E-state index in [0.717, 1.165) is 16.8 Å². The summed E-state index contributed by atoms with van der Waals surface area (Å²) in [6, 6.07) is 10.8. The van der Waals surface area contributed by atoms with Gasteiger partial charge in [0.1, 0.15) is 5.82 Å². The zero-order valence-corrected chi connectivity index (χ0v) is 18.1. The highest BCUT2D eigenvalue weighted by Crippen LogP contribution is 2.32. The third-order valence-corrected chi connectivity index (χ3v) is 5.09. The molecule has 1 N–H and O–H groups in total. The second kappa shape index (κ2) is 9.20. The molecule has 0 radical (unpaired) electrons. The predicted octanol–water partition coefficient (Wildman–Crippen LogP) is 6.00. The number of rotatable bonds is 7. The van der Waals surface area contributed by atoms with E-state index in [4.69, 9.17) is 4.52 Å². The predicted molar refractivity (Wildman–Crippen MR) is 116 cm³/mol. The van der Waals surface area contributed by atoms with Crippen LogP contribution in [0, 0.1) is 12.7 Å². The molecule has 2 aromatic carbocycles. The fraction of sp³-hybridized carbons (Fsp3) is 0.375. The van der Waals surface area contributed by atoms with Crippen LogP contribution in [-0.2, 0) is 11.2 Å². The number of para-hydroxylation sites is 1. The van der Waals surface area contributed by atoms with Gasteiger partial charge < -0.3 is 9.84 Å². The van der Waals surface area contributed by atoms with Gasteiger partial charge in [-0.3, -0.25) is 4.79 Å². The Labute approximate surface area is 176 Å². The van der Waals surface area contributed by atoms with Gasteiger partial charge in [0, 0.05) is 24.1 Å². The molecule has 0 spiro atoms. The minimum atomic E-state index is -0.276. The fourth-order valence-corrected chi connectivity index (χ4v) is 3.38. The maximum Gasteiger partial charge on any atom is 0.227 e. The van der Waals surface area contributed by atoms with Crippen LogP contribution in [0.3, 0.4) is 0 Å². The minimum Gasteiger partial charge on any atom is -0.339 e. The molecule has 1 amide bonds. The Kier molecular flexibility index (Phi) is 6.65. The summed E-state index contributed by atoms with van der Waals surface area (Å²) in [4.78, 5) is 17.0. The van der Waals surface area contributed by atoms with Gasteiger partial charge in [0.25, 0.3) is 0 Å². The molecule has 6 heteroatoms. The molecular weight excluding hydrogens is 381 g/mol. The molecule has 0 saturated carbocycles. The number of aryl methyl sites for hydroxylation is 2. The van der Waals surface area contributed by atoms with Crippen LogP contribution in [0.2, 0.25) is 0 Å². The molecule has 0 saturated heterocycles. The summed E-state index contributed by atoms with van der Waals surface area (Å²) in [6.07, 6.45) is 0.563. The van der Waals surface area contributed by atoms with Gasteiger partial charge >= 0.3 is 0 Å². The van der Waals surface area contributed by atoms with E-state index in [1.165, 1.54) is 6.07 Å². The Morgan fingerprint density at radius 3 is 2.37 bits per heavy atom. The van der Waals surface area contributed by atoms with Crippen molar-refractivity contribution in [3.63, 3.8) is 0 Å². The first-order valence-corrected chi connectivity index (χ1v) is 10.3. The summed E-state index contributed by atoms with van der Waals surface area (Å²) in [5.41, 5.74) is 4.35. The number of carbonyl (C=O) groups is 1. The zero-order valence-electron chi connectivity index (χ0n) is 18.1. The number of amides is 1. The molecule has 30 heavy (non-hydrogen) atoms. The SMILES string of the molecule is Cc1cc(-c2noc(CCC(=O)Nc3c(C(C)C)cccc3C(C)C)n2)ccc1F. The van der Waals surface area contributed by atoms with Crippen molar-refractivity contribution in [3.05, 3.63) is 64.8 Å². The topological polar surface area (TPSA) is 68.0 Å². The molecule has 158 valence electrons. The number of hydrogen-bond acceptors (Lipinski definition) is 4. The number of nitrogens with zero attached hydrogens (tertiary/aromatic N) is 2. The number of hydrogen-bond donors (Lipinski definition) is 1. The molecule has 0 unspecified atom stereocenters. The first kappa shape index (κ1) is 21.7. The Hall–Kier alpha value is -3.02. The van der Waals surface area contributed by atoms with E-state index in [1.807, 2.05) is 6.07 Å². The Morgan fingerprint density at radius 2 is 1.77 bits per heavy atom. The summed E-state index contributed by atoms with van der Waals surface area (Å²) >= 11 is 0. The summed E-state index contributed by atoms with van der Waals surface area (Å²) in [5.74, 6) is 1.00. The van der Waals surface area contributed by atoms with Crippen molar-refractivity contribution in [2.75, 3.05) is 5.32 Å². The van der Waals surface area contributed by atoms with Gasteiger partial charge in [0.2, 0.25) is 17.6 Å². The number of halogens is 1. The molecule has 0 bridgehead atoms. The average Bonchev–Trinajstić information content (AvgIpc) is 3.17. The first-order valence-electron chi connectivity index (χ1n) is 10.3. The van der Waals surface area contributed by atoms with Crippen molar-refractivity contribution >= 4 is 11.6 Å². The van der Waals surface area contributed by atoms with Gasteiger partial charge in [-0.15, -0.1) is 0 Å². The maximum atomic E-state index is 13.5. The third-order valence-electron chi connectivity index (χ3n) is 5.09. The molecule has 1 aromatic heterocycles. The zero-order chi connectivity index (χ0) is 21.8. The van der Waals surface area contributed by atoms with Crippen LogP contribution < -0.4 is 5.32 Å². The Morgan fingerprint density at radius 1 is 1.10 bits per heavy atom. The molecule has 0 fully saturated rings.